The van der Waals surface area contributed by atoms with Crippen LogP contribution in [0.5, 0.6) is 5.75 Å². The summed E-state index contributed by atoms with van der Waals surface area (Å²) in [6.07, 6.45) is 4.48. The Hall–Kier alpha value is -3.79. The van der Waals surface area contributed by atoms with Crippen LogP contribution in [0.2, 0.25) is 0 Å². The molecule has 0 bridgehead atoms. The summed E-state index contributed by atoms with van der Waals surface area (Å²) in [5, 5.41) is 12.5. The van der Waals surface area contributed by atoms with Crippen molar-refractivity contribution in [2.45, 2.75) is 39.7 Å². The highest BCUT2D eigenvalue weighted by Crippen LogP contribution is 2.36. The van der Waals surface area contributed by atoms with E-state index in [1.165, 1.54) is 0 Å². The molecule has 0 spiro atoms. The van der Waals surface area contributed by atoms with Crippen LogP contribution < -0.4 is 15.0 Å². The number of hydrogen-bond acceptors (Lipinski definition) is 9. The highest BCUT2D eigenvalue weighted by Gasteiger charge is 2.43. The molecule has 1 fully saturated rings. The molecule has 1 N–H and O–H groups in total. The minimum Gasteiger partial charge on any atom is -0.492 e. The number of fused-ring (bicyclic) bond motifs is 1. The second-order valence-electron chi connectivity index (χ2n) is 9.08. The molecule has 1 aliphatic rings. The molecule has 0 saturated carbocycles. The Kier molecular flexibility index (Phi) is 6.44. The molecule has 0 radical (unpaired) electrons. The van der Waals surface area contributed by atoms with Gasteiger partial charge < -0.3 is 24.3 Å². The minimum absolute atomic E-state index is 0.114. The van der Waals surface area contributed by atoms with Crippen molar-refractivity contribution in [1.82, 2.24) is 29.7 Å². The fourth-order valence-corrected chi connectivity index (χ4v) is 4.66. The fourth-order valence-electron chi connectivity index (χ4n) is 4.66. The van der Waals surface area contributed by atoms with Gasteiger partial charge >= 0.3 is 0 Å². The van der Waals surface area contributed by atoms with Gasteiger partial charge in [0.1, 0.15) is 23.2 Å². The Balaban J connectivity index is 1.47. The number of benzene rings is 1. The molecular weight excluding hydrogens is 456 g/mol. The number of anilines is 3. The van der Waals surface area contributed by atoms with Gasteiger partial charge in [0.25, 0.3) is 0 Å². The number of hydrogen-bond donors (Lipinski definition) is 1. The molecule has 10 nitrogen and oxygen atoms in total. The van der Waals surface area contributed by atoms with Crippen molar-refractivity contribution in [2.24, 2.45) is 7.05 Å². The fraction of sp³-hybridized carbons (Fsp3) is 0.423. The molecule has 4 heterocycles. The van der Waals surface area contributed by atoms with E-state index in [0.29, 0.717) is 24.9 Å². The average molecular weight is 489 g/mol. The first-order chi connectivity index (χ1) is 17.4. The highest BCUT2D eigenvalue weighted by atomic mass is 16.5. The van der Waals surface area contributed by atoms with E-state index in [4.69, 9.17) is 19.4 Å². The molecule has 0 amide bonds. The maximum atomic E-state index is 6.05. The number of nitrogens with one attached hydrogen (secondary N) is 1. The number of rotatable bonds is 9. The Morgan fingerprint density at radius 1 is 1.08 bits per heavy atom. The molecule has 3 aromatic heterocycles. The lowest BCUT2D eigenvalue weighted by atomic mass is 9.90. The minimum atomic E-state index is -0.114. The molecule has 5 rings (SSSR count). The molecule has 0 aliphatic carbocycles. The zero-order valence-electron chi connectivity index (χ0n) is 21.4. The predicted octanol–water partition coefficient (Wildman–Crippen LogP) is 4.28. The number of nitrogens with zero attached hydrogens (tertiary/aromatic N) is 7. The zero-order valence-corrected chi connectivity index (χ0v) is 21.4. The maximum absolute atomic E-state index is 6.05. The van der Waals surface area contributed by atoms with E-state index < -0.39 is 0 Å². The summed E-state index contributed by atoms with van der Waals surface area (Å²) < 4.78 is 13.9. The zero-order chi connectivity index (χ0) is 25.3. The van der Waals surface area contributed by atoms with Crippen molar-refractivity contribution in [3.05, 3.63) is 42.5 Å². The van der Waals surface area contributed by atoms with Crippen LogP contribution in [-0.2, 0) is 11.8 Å². The van der Waals surface area contributed by atoms with E-state index in [2.05, 4.69) is 32.3 Å². The van der Waals surface area contributed by atoms with Crippen LogP contribution in [0.1, 0.15) is 32.9 Å². The maximum Gasteiger partial charge on any atom is 0.227 e. The first kappa shape index (κ1) is 23.9. The van der Waals surface area contributed by atoms with Crippen LogP contribution in [0.4, 0.5) is 17.5 Å². The molecule has 1 aliphatic heterocycles. The monoisotopic (exact) mass is 488 g/mol. The summed E-state index contributed by atoms with van der Waals surface area (Å²) in [5.74, 6) is 2.80. The highest BCUT2D eigenvalue weighted by molar-refractivity contribution is 5.90. The summed E-state index contributed by atoms with van der Waals surface area (Å²) in [7, 11) is 1.91. The van der Waals surface area contributed by atoms with Crippen LogP contribution in [0.3, 0.4) is 0 Å². The molecule has 1 saturated heterocycles. The number of pyridine rings is 1. The normalized spacial score (nSPS) is 14.6. The number of aromatic nitrogens is 6. The quantitative estimate of drug-likeness (QED) is 0.370. The standard InChI is InChI=1S/C26H32N8O2/c1-6-26(36-8-3)14-34(15-26)24-22-19(11-17(4)29-24)13-27-25(31-22)30-20-10-9-18(12-21(20)35-7-2)23-32-28-16-33(23)5/h9-13,16H,6-8,14-15H2,1-5H3,(H,27,30,31). The Bertz CT molecular complexity index is 1380. The van der Waals surface area contributed by atoms with Crippen LogP contribution in [0.25, 0.3) is 22.3 Å². The van der Waals surface area contributed by atoms with E-state index in [9.17, 15) is 0 Å². The van der Waals surface area contributed by atoms with Crippen molar-refractivity contribution in [2.75, 3.05) is 36.5 Å². The first-order valence-corrected chi connectivity index (χ1v) is 12.4. The average Bonchev–Trinajstić information content (AvgIpc) is 3.28. The smallest absolute Gasteiger partial charge is 0.227 e. The van der Waals surface area contributed by atoms with Crippen LogP contribution in [0.15, 0.2) is 36.8 Å². The SMILES string of the molecule is CCOc1cc(-c2nncn2C)ccc1Nc1ncc2cc(C)nc(N3CC(CC)(OCC)C3)c2n1. The Morgan fingerprint density at radius 2 is 1.92 bits per heavy atom. The first-order valence-electron chi connectivity index (χ1n) is 12.4. The lowest BCUT2D eigenvalue weighted by molar-refractivity contribution is -0.0619. The van der Waals surface area contributed by atoms with Gasteiger partial charge in [-0.3, -0.25) is 0 Å². The van der Waals surface area contributed by atoms with Gasteiger partial charge in [0.2, 0.25) is 5.95 Å². The van der Waals surface area contributed by atoms with Crippen molar-refractivity contribution < 1.29 is 9.47 Å². The van der Waals surface area contributed by atoms with Gasteiger partial charge in [0.05, 0.1) is 25.4 Å². The van der Waals surface area contributed by atoms with Crippen molar-refractivity contribution in [3.8, 4) is 17.1 Å². The Labute approximate surface area is 210 Å². The molecule has 1 aromatic carbocycles. The third kappa shape index (κ3) is 4.44. The second kappa shape index (κ2) is 9.69. The van der Waals surface area contributed by atoms with Gasteiger partial charge in [-0.05, 0) is 51.5 Å². The summed E-state index contributed by atoms with van der Waals surface area (Å²) in [4.78, 5) is 16.5. The van der Waals surface area contributed by atoms with E-state index >= 15 is 0 Å². The lowest BCUT2D eigenvalue weighted by Crippen LogP contribution is -2.63. The van der Waals surface area contributed by atoms with Gasteiger partial charge in [-0.15, -0.1) is 10.2 Å². The van der Waals surface area contributed by atoms with Crippen molar-refractivity contribution >= 4 is 28.4 Å². The van der Waals surface area contributed by atoms with E-state index in [1.807, 2.05) is 62.8 Å². The van der Waals surface area contributed by atoms with Crippen LogP contribution >= 0.6 is 0 Å². The molecule has 0 atom stereocenters. The summed E-state index contributed by atoms with van der Waals surface area (Å²) >= 11 is 0. The molecule has 10 heteroatoms. The summed E-state index contributed by atoms with van der Waals surface area (Å²) in [6.45, 7) is 11.0. The second-order valence-corrected chi connectivity index (χ2v) is 9.08. The molecule has 4 aromatic rings. The number of ether oxygens (including phenoxy) is 2. The van der Waals surface area contributed by atoms with E-state index in [1.54, 1.807) is 6.33 Å². The van der Waals surface area contributed by atoms with Crippen LogP contribution in [0, 0.1) is 6.92 Å². The molecule has 0 unspecified atom stereocenters. The molecular formula is C26H32N8O2. The lowest BCUT2D eigenvalue weighted by Gasteiger charge is -2.50. The van der Waals surface area contributed by atoms with Gasteiger partial charge in [-0.25, -0.2) is 15.0 Å². The van der Waals surface area contributed by atoms with Crippen molar-refractivity contribution in [3.63, 3.8) is 0 Å². The van der Waals surface area contributed by atoms with Gasteiger partial charge in [-0.1, -0.05) is 6.92 Å². The molecule has 188 valence electrons. The number of aryl methyl sites for hydroxylation is 2. The van der Waals surface area contributed by atoms with E-state index in [-0.39, 0.29) is 5.60 Å². The van der Waals surface area contributed by atoms with Gasteiger partial charge in [0, 0.05) is 36.5 Å². The van der Waals surface area contributed by atoms with Crippen LogP contribution in [-0.4, -0.2) is 61.6 Å². The topological polar surface area (TPSA) is 103 Å². The predicted molar refractivity (Wildman–Crippen MR) is 140 cm³/mol. The largest absolute Gasteiger partial charge is 0.492 e. The molecule has 36 heavy (non-hydrogen) atoms. The summed E-state index contributed by atoms with van der Waals surface area (Å²) in [5.41, 5.74) is 3.32. The van der Waals surface area contributed by atoms with Gasteiger partial charge in [0.15, 0.2) is 11.6 Å². The summed E-state index contributed by atoms with van der Waals surface area (Å²) in [6, 6.07) is 7.89. The van der Waals surface area contributed by atoms with E-state index in [0.717, 1.165) is 59.0 Å². The van der Waals surface area contributed by atoms with Gasteiger partial charge in [-0.2, -0.15) is 0 Å². The Morgan fingerprint density at radius 3 is 2.61 bits per heavy atom. The van der Waals surface area contributed by atoms with Crippen molar-refractivity contribution in [1.29, 1.82) is 0 Å². The third-order valence-electron chi connectivity index (χ3n) is 6.53. The third-order valence-corrected chi connectivity index (χ3v) is 6.53.